The number of aliphatic hydroxyl groups excluding tert-OH is 1. The van der Waals surface area contributed by atoms with E-state index >= 15 is 0 Å². The Morgan fingerprint density at radius 3 is 3.20 bits per heavy atom. The molecule has 1 aromatic carbocycles. The Bertz CT molecular complexity index is 584. The first-order valence-corrected chi connectivity index (χ1v) is 7.64. The van der Waals surface area contributed by atoms with Crippen LogP contribution in [0.2, 0.25) is 5.02 Å². The molecule has 0 spiro atoms. The maximum absolute atomic E-state index is 9.93. The van der Waals surface area contributed by atoms with Crippen molar-refractivity contribution in [2.24, 2.45) is 0 Å². The van der Waals surface area contributed by atoms with Crippen LogP contribution in [0, 0.1) is 0 Å². The van der Waals surface area contributed by atoms with Crippen molar-refractivity contribution in [2.45, 2.75) is 44.4 Å². The van der Waals surface area contributed by atoms with Crippen molar-refractivity contribution in [1.29, 1.82) is 0 Å². The lowest BCUT2D eigenvalue weighted by Crippen LogP contribution is -2.44. The number of aromatic nitrogens is 2. The van der Waals surface area contributed by atoms with E-state index < -0.39 is 0 Å². The molecule has 2 aromatic rings. The van der Waals surface area contributed by atoms with Crippen molar-refractivity contribution in [2.75, 3.05) is 6.54 Å². The summed E-state index contributed by atoms with van der Waals surface area (Å²) >= 11 is 5.96. The number of hydrogen-bond acceptors (Lipinski definition) is 3. The Morgan fingerprint density at radius 1 is 1.45 bits per heavy atom. The summed E-state index contributed by atoms with van der Waals surface area (Å²) in [5.74, 6) is 0. The zero-order valence-electron chi connectivity index (χ0n) is 11.4. The van der Waals surface area contributed by atoms with Gasteiger partial charge in [0, 0.05) is 17.6 Å². The van der Waals surface area contributed by atoms with Crippen LogP contribution in [0.1, 0.15) is 25.7 Å². The predicted molar refractivity (Wildman–Crippen MR) is 81.0 cm³/mol. The lowest BCUT2D eigenvalue weighted by atomic mass is 9.97. The summed E-state index contributed by atoms with van der Waals surface area (Å²) < 4.78 is 2.15. The average molecular weight is 294 g/mol. The molecule has 0 aliphatic carbocycles. The average Bonchev–Trinajstić information content (AvgIpc) is 2.83. The standard InChI is InChI=1S/C15H20ClN3O/c16-11-5-6-14-13(9-11)18-10-19(14)8-2-3-12-15(20)4-1-7-17-12/h5-6,9-10,12,15,17,20H,1-4,7-8H2/t12-,15+/m1/s1. The van der Waals surface area contributed by atoms with Crippen LogP contribution in [-0.2, 0) is 6.54 Å². The van der Waals surface area contributed by atoms with Gasteiger partial charge in [0.2, 0.25) is 0 Å². The summed E-state index contributed by atoms with van der Waals surface area (Å²) in [6, 6.07) is 6.04. The number of nitrogens with zero attached hydrogens (tertiary/aromatic N) is 2. The van der Waals surface area contributed by atoms with E-state index in [1.807, 2.05) is 24.5 Å². The van der Waals surface area contributed by atoms with E-state index in [-0.39, 0.29) is 12.1 Å². The van der Waals surface area contributed by atoms with Gasteiger partial charge in [0.05, 0.1) is 23.5 Å². The smallest absolute Gasteiger partial charge is 0.0958 e. The molecule has 0 radical (unpaired) electrons. The minimum atomic E-state index is -0.193. The Kier molecular flexibility index (Phi) is 4.24. The lowest BCUT2D eigenvalue weighted by molar-refractivity contribution is 0.0909. The number of halogens is 1. The van der Waals surface area contributed by atoms with Gasteiger partial charge in [-0.05, 0) is 50.4 Å². The molecular weight excluding hydrogens is 274 g/mol. The summed E-state index contributed by atoms with van der Waals surface area (Å²) in [6.45, 7) is 1.94. The molecule has 1 saturated heterocycles. The number of fused-ring (bicyclic) bond motifs is 1. The zero-order chi connectivity index (χ0) is 13.9. The Morgan fingerprint density at radius 2 is 2.35 bits per heavy atom. The SMILES string of the molecule is O[C@H]1CCCN[C@@H]1CCCn1cnc2cc(Cl)ccc21. The first-order chi connectivity index (χ1) is 9.74. The van der Waals surface area contributed by atoms with Gasteiger partial charge in [0.25, 0.3) is 0 Å². The van der Waals surface area contributed by atoms with Gasteiger partial charge in [-0.1, -0.05) is 11.6 Å². The van der Waals surface area contributed by atoms with Crippen molar-refractivity contribution in [1.82, 2.24) is 14.9 Å². The number of rotatable bonds is 4. The fourth-order valence-corrected chi connectivity index (χ4v) is 3.09. The van der Waals surface area contributed by atoms with Crippen molar-refractivity contribution >= 4 is 22.6 Å². The second kappa shape index (κ2) is 6.12. The number of piperidine rings is 1. The highest BCUT2D eigenvalue weighted by Gasteiger charge is 2.21. The second-order valence-corrected chi connectivity index (χ2v) is 5.92. The number of nitrogens with one attached hydrogen (secondary N) is 1. The van der Waals surface area contributed by atoms with Gasteiger partial charge < -0.3 is 15.0 Å². The maximum atomic E-state index is 9.93. The molecule has 2 heterocycles. The van der Waals surface area contributed by atoms with Gasteiger partial charge in [-0.3, -0.25) is 0 Å². The number of benzene rings is 1. The van der Waals surface area contributed by atoms with Gasteiger partial charge in [-0.25, -0.2) is 4.98 Å². The molecule has 0 unspecified atom stereocenters. The molecule has 20 heavy (non-hydrogen) atoms. The number of hydrogen-bond donors (Lipinski definition) is 2. The molecule has 0 amide bonds. The fraction of sp³-hybridized carbons (Fsp3) is 0.533. The third-order valence-electron chi connectivity index (χ3n) is 4.04. The van der Waals surface area contributed by atoms with Crippen molar-refractivity contribution in [3.63, 3.8) is 0 Å². The van der Waals surface area contributed by atoms with Gasteiger partial charge in [0.15, 0.2) is 0 Å². The summed E-state index contributed by atoms with van der Waals surface area (Å²) in [6.07, 6.45) is 5.69. The van der Waals surface area contributed by atoms with E-state index in [4.69, 9.17) is 11.6 Å². The monoisotopic (exact) mass is 293 g/mol. The van der Waals surface area contributed by atoms with Crippen molar-refractivity contribution in [3.8, 4) is 0 Å². The van der Waals surface area contributed by atoms with Crippen LogP contribution in [0.5, 0.6) is 0 Å². The van der Waals surface area contributed by atoms with E-state index in [0.717, 1.165) is 54.8 Å². The van der Waals surface area contributed by atoms with Crippen LogP contribution in [-0.4, -0.2) is 33.3 Å². The molecule has 2 N–H and O–H groups in total. The minimum Gasteiger partial charge on any atom is -0.392 e. The summed E-state index contributed by atoms with van der Waals surface area (Å²) in [5, 5.41) is 14.1. The number of aryl methyl sites for hydroxylation is 1. The Balaban J connectivity index is 1.59. The highest BCUT2D eigenvalue weighted by molar-refractivity contribution is 6.31. The quantitative estimate of drug-likeness (QED) is 0.911. The van der Waals surface area contributed by atoms with Crippen LogP contribution >= 0.6 is 11.6 Å². The van der Waals surface area contributed by atoms with E-state index in [1.54, 1.807) is 0 Å². The molecule has 1 aromatic heterocycles. The summed E-state index contributed by atoms with van der Waals surface area (Å²) in [5.41, 5.74) is 2.06. The zero-order valence-corrected chi connectivity index (χ0v) is 12.2. The maximum Gasteiger partial charge on any atom is 0.0958 e. The third kappa shape index (κ3) is 2.97. The molecule has 1 aliphatic heterocycles. The largest absolute Gasteiger partial charge is 0.392 e. The first kappa shape index (κ1) is 13.9. The van der Waals surface area contributed by atoms with Gasteiger partial charge in [-0.2, -0.15) is 0 Å². The van der Waals surface area contributed by atoms with E-state index in [1.165, 1.54) is 0 Å². The van der Waals surface area contributed by atoms with Crippen LogP contribution in [0.15, 0.2) is 24.5 Å². The first-order valence-electron chi connectivity index (χ1n) is 7.26. The summed E-state index contributed by atoms with van der Waals surface area (Å²) in [7, 11) is 0. The summed E-state index contributed by atoms with van der Waals surface area (Å²) in [4.78, 5) is 4.37. The normalized spacial score (nSPS) is 23.3. The molecular formula is C15H20ClN3O. The lowest BCUT2D eigenvalue weighted by Gasteiger charge is -2.29. The predicted octanol–water partition coefficient (Wildman–Crippen LogP) is 2.58. The van der Waals surface area contributed by atoms with E-state index in [0.29, 0.717) is 0 Å². The molecule has 1 fully saturated rings. The molecule has 2 atom stereocenters. The van der Waals surface area contributed by atoms with Gasteiger partial charge >= 0.3 is 0 Å². The molecule has 1 aliphatic rings. The topological polar surface area (TPSA) is 50.1 Å². The Labute approximate surface area is 123 Å². The second-order valence-electron chi connectivity index (χ2n) is 5.48. The highest BCUT2D eigenvalue weighted by atomic mass is 35.5. The van der Waals surface area contributed by atoms with Gasteiger partial charge in [0.1, 0.15) is 0 Å². The minimum absolute atomic E-state index is 0.193. The fourth-order valence-electron chi connectivity index (χ4n) is 2.93. The Hall–Kier alpha value is -1.10. The molecule has 5 heteroatoms. The van der Waals surface area contributed by atoms with Gasteiger partial charge in [-0.15, -0.1) is 0 Å². The van der Waals surface area contributed by atoms with Crippen LogP contribution in [0.25, 0.3) is 11.0 Å². The third-order valence-corrected chi connectivity index (χ3v) is 4.28. The number of aliphatic hydroxyl groups is 1. The van der Waals surface area contributed by atoms with Crippen LogP contribution in [0.4, 0.5) is 0 Å². The van der Waals surface area contributed by atoms with E-state index in [2.05, 4.69) is 14.9 Å². The molecule has 3 rings (SSSR count). The van der Waals surface area contributed by atoms with E-state index in [9.17, 15) is 5.11 Å². The molecule has 108 valence electrons. The molecule has 4 nitrogen and oxygen atoms in total. The van der Waals surface area contributed by atoms with Crippen LogP contribution in [0.3, 0.4) is 0 Å². The van der Waals surface area contributed by atoms with Crippen LogP contribution < -0.4 is 5.32 Å². The van der Waals surface area contributed by atoms with Crippen molar-refractivity contribution in [3.05, 3.63) is 29.5 Å². The number of imidazole rings is 1. The van der Waals surface area contributed by atoms with Crippen molar-refractivity contribution < 1.29 is 5.11 Å². The highest BCUT2D eigenvalue weighted by Crippen LogP contribution is 2.19. The molecule has 0 saturated carbocycles. The molecule has 0 bridgehead atoms.